The van der Waals surface area contributed by atoms with Gasteiger partial charge < -0.3 is 15.8 Å². The maximum Gasteiger partial charge on any atom is 0.253 e. The predicted molar refractivity (Wildman–Crippen MR) is 61.9 cm³/mol. The van der Waals surface area contributed by atoms with Gasteiger partial charge in [-0.15, -0.1) is 0 Å². The highest BCUT2D eigenvalue weighted by molar-refractivity contribution is 5.94. The van der Waals surface area contributed by atoms with Crippen LogP contribution < -0.4 is 11.1 Å². The van der Waals surface area contributed by atoms with Crippen LogP contribution >= 0.6 is 0 Å². The Morgan fingerprint density at radius 2 is 1.95 bits per heavy atom. The number of carbonyl (C=O) groups excluding carboxylic acids is 1. The molecule has 2 atom stereocenters. The Labute approximate surface area is 107 Å². The standard InChI is InChI=1S/C12H13F3N2O2/c13-7-3-9(15)10(4-8(7)14)17-12(18)11-2-1-6(5-16)19-11/h3-4,6,11H,1-2,5,16H2,(H,17,18). The van der Waals surface area contributed by atoms with Gasteiger partial charge in [0.2, 0.25) is 0 Å². The molecule has 0 bridgehead atoms. The molecule has 104 valence electrons. The molecule has 1 heterocycles. The molecule has 1 fully saturated rings. The van der Waals surface area contributed by atoms with Crippen LogP contribution in [0.4, 0.5) is 18.9 Å². The number of nitrogens with two attached hydrogens (primary N) is 1. The van der Waals surface area contributed by atoms with Crippen LogP contribution in [-0.4, -0.2) is 24.7 Å². The first kappa shape index (κ1) is 13.8. The Bertz CT molecular complexity index is 496. The van der Waals surface area contributed by atoms with Crippen LogP contribution in [0.3, 0.4) is 0 Å². The minimum absolute atomic E-state index is 0.203. The lowest BCUT2D eigenvalue weighted by Gasteiger charge is -2.13. The number of anilines is 1. The molecule has 0 aliphatic carbocycles. The van der Waals surface area contributed by atoms with E-state index in [1.807, 2.05) is 0 Å². The number of amides is 1. The Morgan fingerprint density at radius 1 is 1.26 bits per heavy atom. The number of ether oxygens (including phenoxy) is 1. The van der Waals surface area contributed by atoms with Crippen LogP contribution in [0, 0.1) is 17.5 Å². The van der Waals surface area contributed by atoms with E-state index < -0.39 is 35.2 Å². The molecule has 1 aromatic rings. The number of carbonyl (C=O) groups is 1. The number of benzene rings is 1. The highest BCUT2D eigenvalue weighted by Crippen LogP contribution is 2.22. The molecule has 1 aromatic carbocycles. The zero-order chi connectivity index (χ0) is 14.0. The smallest absolute Gasteiger partial charge is 0.253 e. The lowest BCUT2D eigenvalue weighted by atomic mass is 10.2. The molecule has 0 saturated carbocycles. The normalized spacial score (nSPS) is 22.5. The second-order valence-corrected chi connectivity index (χ2v) is 4.30. The number of halogens is 3. The average Bonchev–Trinajstić information content (AvgIpc) is 2.84. The van der Waals surface area contributed by atoms with Crippen molar-refractivity contribution in [2.24, 2.45) is 5.73 Å². The van der Waals surface area contributed by atoms with Gasteiger partial charge in [-0.05, 0) is 12.8 Å². The van der Waals surface area contributed by atoms with Gasteiger partial charge >= 0.3 is 0 Å². The fraction of sp³-hybridized carbons (Fsp3) is 0.417. The van der Waals surface area contributed by atoms with Crippen molar-refractivity contribution in [1.29, 1.82) is 0 Å². The monoisotopic (exact) mass is 274 g/mol. The largest absolute Gasteiger partial charge is 0.364 e. The van der Waals surface area contributed by atoms with E-state index >= 15 is 0 Å². The summed E-state index contributed by atoms with van der Waals surface area (Å²) in [5, 5.41) is 2.18. The highest BCUT2D eigenvalue weighted by Gasteiger charge is 2.30. The quantitative estimate of drug-likeness (QED) is 0.822. The van der Waals surface area contributed by atoms with Crippen molar-refractivity contribution in [2.75, 3.05) is 11.9 Å². The summed E-state index contributed by atoms with van der Waals surface area (Å²) in [6.07, 6.45) is 0.139. The molecule has 2 rings (SSSR count). The van der Waals surface area contributed by atoms with Gasteiger partial charge in [-0.25, -0.2) is 13.2 Å². The van der Waals surface area contributed by atoms with Crippen LogP contribution in [0.15, 0.2) is 12.1 Å². The fourth-order valence-electron chi connectivity index (χ4n) is 1.90. The van der Waals surface area contributed by atoms with Crippen molar-refractivity contribution in [3.8, 4) is 0 Å². The van der Waals surface area contributed by atoms with Crippen LogP contribution in [-0.2, 0) is 9.53 Å². The van der Waals surface area contributed by atoms with E-state index in [9.17, 15) is 18.0 Å². The first-order valence-electron chi connectivity index (χ1n) is 5.82. The van der Waals surface area contributed by atoms with Gasteiger partial charge in [0.05, 0.1) is 11.8 Å². The maximum absolute atomic E-state index is 13.3. The lowest BCUT2D eigenvalue weighted by molar-refractivity contribution is -0.126. The summed E-state index contributed by atoms with van der Waals surface area (Å²) in [4.78, 5) is 11.8. The van der Waals surface area contributed by atoms with Gasteiger partial charge in [-0.3, -0.25) is 4.79 Å². The zero-order valence-electron chi connectivity index (χ0n) is 9.96. The molecule has 0 spiro atoms. The van der Waals surface area contributed by atoms with Gasteiger partial charge in [0, 0.05) is 18.7 Å². The number of hydrogen-bond acceptors (Lipinski definition) is 3. The maximum atomic E-state index is 13.3. The summed E-state index contributed by atoms with van der Waals surface area (Å²) in [5.41, 5.74) is 4.99. The first-order valence-corrected chi connectivity index (χ1v) is 5.82. The van der Waals surface area contributed by atoms with Gasteiger partial charge in [0.1, 0.15) is 11.9 Å². The average molecular weight is 274 g/mol. The van der Waals surface area contributed by atoms with Crippen molar-refractivity contribution in [1.82, 2.24) is 0 Å². The van der Waals surface area contributed by atoms with Crippen molar-refractivity contribution in [3.63, 3.8) is 0 Å². The van der Waals surface area contributed by atoms with E-state index in [1.165, 1.54) is 0 Å². The molecule has 1 saturated heterocycles. The highest BCUT2D eigenvalue weighted by atomic mass is 19.2. The molecule has 4 nitrogen and oxygen atoms in total. The summed E-state index contributed by atoms with van der Waals surface area (Å²) in [5.74, 6) is -4.18. The third-order valence-electron chi connectivity index (χ3n) is 2.93. The third-order valence-corrected chi connectivity index (χ3v) is 2.93. The molecule has 0 aromatic heterocycles. The van der Waals surface area contributed by atoms with Crippen molar-refractivity contribution in [2.45, 2.75) is 25.0 Å². The Morgan fingerprint density at radius 3 is 2.58 bits per heavy atom. The minimum Gasteiger partial charge on any atom is -0.364 e. The lowest BCUT2D eigenvalue weighted by Crippen LogP contribution is -2.30. The minimum atomic E-state index is -1.31. The molecule has 1 aliphatic heterocycles. The molecule has 19 heavy (non-hydrogen) atoms. The van der Waals surface area contributed by atoms with Gasteiger partial charge in [0.15, 0.2) is 11.6 Å². The van der Waals surface area contributed by atoms with Gasteiger partial charge in [-0.2, -0.15) is 0 Å². The van der Waals surface area contributed by atoms with E-state index in [2.05, 4.69) is 5.32 Å². The predicted octanol–water partition coefficient (Wildman–Crippen LogP) is 1.55. The summed E-state index contributed by atoms with van der Waals surface area (Å²) in [7, 11) is 0. The van der Waals surface area contributed by atoms with Crippen molar-refractivity contribution >= 4 is 11.6 Å². The third kappa shape index (κ3) is 3.05. The molecule has 2 unspecified atom stereocenters. The summed E-state index contributed by atoms with van der Waals surface area (Å²) in [6, 6.07) is 0.973. The van der Waals surface area contributed by atoms with E-state index in [0.29, 0.717) is 31.5 Å². The van der Waals surface area contributed by atoms with Crippen LogP contribution in [0.25, 0.3) is 0 Å². The molecule has 1 amide bonds. The Balaban J connectivity index is 2.05. The second-order valence-electron chi connectivity index (χ2n) is 4.30. The summed E-state index contributed by atoms with van der Waals surface area (Å²) in [6.45, 7) is 0.295. The summed E-state index contributed by atoms with van der Waals surface area (Å²) >= 11 is 0. The van der Waals surface area contributed by atoms with E-state index in [1.54, 1.807) is 0 Å². The topological polar surface area (TPSA) is 64.4 Å². The molecule has 7 heteroatoms. The molecule has 3 N–H and O–H groups in total. The number of nitrogens with one attached hydrogen (secondary N) is 1. The molecular weight excluding hydrogens is 261 g/mol. The molecule has 1 aliphatic rings. The van der Waals surface area contributed by atoms with Crippen molar-refractivity contribution < 1.29 is 22.7 Å². The zero-order valence-corrected chi connectivity index (χ0v) is 9.96. The first-order chi connectivity index (χ1) is 9.01. The molecule has 0 radical (unpaired) electrons. The Hall–Kier alpha value is -1.60. The summed E-state index contributed by atoms with van der Waals surface area (Å²) < 4.78 is 44.3. The van der Waals surface area contributed by atoms with E-state index in [4.69, 9.17) is 10.5 Å². The van der Waals surface area contributed by atoms with E-state index in [0.717, 1.165) is 0 Å². The second kappa shape index (κ2) is 5.58. The van der Waals surface area contributed by atoms with Gasteiger partial charge in [0.25, 0.3) is 5.91 Å². The van der Waals surface area contributed by atoms with Crippen molar-refractivity contribution in [3.05, 3.63) is 29.6 Å². The fourth-order valence-corrected chi connectivity index (χ4v) is 1.90. The van der Waals surface area contributed by atoms with Crippen LogP contribution in [0.2, 0.25) is 0 Å². The van der Waals surface area contributed by atoms with Gasteiger partial charge in [-0.1, -0.05) is 0 Å². The molecular formula is C12H13F3N2O2. The van der Waals surface area contributed by atoms with Crippen LogP contribution in [0.1, 0.15) is 12.8 Å². The SMILES string of the molecule is NCC1CCC(C(=O)Nc2cc(F)c(F)cc2F)O1. The number of rotatable bonds is 3. The Kier molecular flexibility index (Phi) is 4.06. The number of hydrogen-bond donors (Lipinski definition) is 2. The van der Waals surface area contributed by atoms with Crippen LogP contribution in [0.5, 0.6) is 0 Å². The van der Waals surface area contributed by atoms with E-state index in [-0.39, 0.29) is 6.10 Å².